The molecular formula is C26H22N8O2. The number of nitrogens with two attached hydrogens (primary N) is 1. The smallest absolute Gasteiger partial charge is 0.267 e. The lowest BCUT2D eigenvalue weighted by molar-refractivity contribution is 0.425. The van der Waals surface area contributed by atoms with Gasteiger partial charge in [-0.3, -0.25) is 9.36 Å². The normalized spacial score (nSPS) is 11.6. The number of nitrogens with zero attached hydrogens (tertiary/aromatic N) is 6. The second-order valence-electron chi connectivity index (χ2n) is 8.02. The predicted molar refractivity (Wildman–Crippen MR) is 136 cm³/mol. The Morgan fingerprint density at radius 2 is 1.89 bits per heavy atom. The van der Waals surface area contributed by atoms with E-state index in [4.69, 9.17) is 15.2 Å². The van der Waals surface area contributed by atoms with Crippen molar-refractivity contribution in [1.29, 1.82) is 0 Å². The van der Waals surface area contributed by atoms with Crippen molar-refractivity contribution in [3.63, 3.8) is 0 Å². The minimum absolute atomic E-state index is 0.179. The number of benzene rings is 2. The van der Waals surface area contributed by atoms with E-state index in [1.807, 2.05) is 49.4 Å². The van der Waals surface area contributed by atoms with Gasteiger partial charge >= 0.3 is 0 Å². The summed E-state index contributed by atoms with van der Waals surface area (Å²) in [6, 6.07) is 14.3. The van der Waals surface area contributed by atoms with Gasteiger partial charge in [0.2, 0.25) is 0 Å². The van der Waals surface area contributed by atoms with E-state index >= 15 is 0 Å². The van der Waals surface area contributed by atoms with E-state index in [1.165, 1.54) is 6.33 Å². The first-order valence-corrected chi connectivity index (χ1v) is 11.2. The Balaban J connectivity index is 1.70. The standard InChI is InChI=1S/C26H22N8O2/c1-4-9-17-10-8-13-19-20(17)26(35)34(18-11-6-5-7-12-18)24(32-19)15(2)30-23-21(22(27)28-14-29-23)25-31-16(3)33-36-25/h5-8,10-15H,1-3H3,(H3,27,28,29,30)/t15-/m0/s1. The van der Waals surface area contributed by atoms with Crippen molar-refractivity contribution in [3.8, 4) is 29.0 Å². The maximum absolute atomic E-state index is 13.9. The molecule has 3 heterocycles. The SMILES string of the molecule is CC#Cc1cccc2nc([C@H](C)Nc3ncnc(N)c3-c3nc(C)no3)n(-c3ccccc3)c(=O)c12. The third kappa shape index (κ3) is 4.03. The second kappa shape index (κ2) is 9.31. The molecule has 10 nitrogen and oxygen atoms in total. The van der Waals surface area contributed by atoms with E-state index in [-0.39, 0.29) is 17.3 Å². The fourth-order valence-corrected chi connectivity index (χ4v) is 3.99. The number of nitrogen functional groups attached to an aromatic ring is 1. The molecule has 3 aromatic heterocycles. The zero-order chi connectivity index (χ0) is 25.2. The summed E-state index contributed by atoms with van der Waals surface area (Å²) in [6.45, 7) is 5.32. The highest BCUT2D eigenvalue weighted by atomic mass is 16.5. The Morgan fingerprint density at radius 1 is 1.08 bits per heavy atom. The van der Waals surface area contributed by atoms with Crippen LogP contribution in [-0.4, -0.2) is 29.7 Å². The topological polar surface area (TPSA) is 138 Å². The van der Waals surface area contributed by atoms with Gasteiger partial charge in [-0.25, -0.2) is 15.0 Å². The summed E-state index contributed by atoms with van der Waals surface area (Å²) in [5, 5.41) is 7.61. The molecular weight excluding hydrogens is 456 g/mol. The van der Waals surface area contributed by atoms with E-state index in [2.05, 4.69) is 37.3 Å². The summed E-state index contributed by atoms with van der Waals surface area (Å²) in [5.74, 6) is 7.57. The molecule has 0 unspecified atom stereocenters. The number of aromatic nitrogens is 6. The molecule has 0 spiro atoms. The number of aryl methyl sites for hydroxylation is 1. The van der Waals surface area contributed by atoms with Crippen LogP contribution < -0.4 is 16.6 Å². The summed E-state index contributed by atoms with van der Waals surface area (Å²) < 4.78 is 6.91. The molecule has 36 heavy (non-hydrogen) atoms. The Labute approximate surface area is 206 Å². The summed E-state index contributed by atoms with van der Waals surface area (Å²) in [7, 11) is 0. The lowest BCUT2D eigenvalue weighted by atomic mass is 10.1. The zero-order valence-corrected chi connectivity index (χ0v) is 19.9. The van der Waals surface area contributed by atoms with Gasteiger partial charge in [-0.1, -0.05) is 35.3 Å². The van der Waals surface area contributed by atoms with Crippen LogP contribution in [0.4, 0.5) is 11.6 Å². The molecule has 3 N–H and O–H groups in total. The van der Waals surface area contributed by atoms with Crippen molar-refractivity contribution >= 4 is 22.5 Å². The Bertz CT molecular complexity index is 1700. The Hall–Kier alpha value is -5.04. The molecule has 5 aromatic rings. The van der Waals surface area contributed by atoms with Crippen LogP contribution in [0.1, 0.15) is 37.1 Å². The quantitative estimate of drug-likeness (QED) is 0.362. The largest absolute Gasteiger partial charge is 0.383 e. The molecule has 2 aromatic carbocycles. The minimum atomic E-state index is -0.486. The third-order valence-corrected chi connectivity index (χ3v) is 5.56. The first-order valence-electron chi connectivity index (χ1n) is 11.2. The van der Waals surface area contributed by atoms with Gasteiger partial charge < -0.3 is 15.6 Å². The second-order valence-corrected chi connectivity index (χ2v) is 8.02. The van der Waals surface area contributed by atoms with Gasteiger partial charge in [0, 0.05) is 5.56 Å². The number of fused-ring (bicyclic) bond motifs is 1. The average molecular weight is 479 g/mol. The molecule has 0 radical (unpaired) electrons. The number of rotatable bonds is 5. The van der Waals surface area contributed by atoms with Crippen LogP contribution in [0.2, 0.25) is 0 Å². The van der Waals surface area contributed by atoms with Gasteiger partial charge in [0.05, 0.1) is 22.6 Å². The molecule has 5 rings (SSSR count). The summed E-state index contributed by atoms with van der Waals surface area (Å²) >= 11 is 0. The van der Waals surface area contributed by atoms with Crippen LogP contribution >= 0.6 is 0 Å². The molecule has 10 heteroatoms. The fraction of sp³-hybridized carbons (Fsp3) is 0.154. The van der Waals surface area contributed by atoms with Crippen LogP contribution in [-0.2, 0) is 0 Å². The van der Waals surface area contributed by atoms with Crippen LogP contribution in [0, 0.1) is 18.8 Å². The maximum atomic E-state index is 13.9. The van der Waals surface area contributed by atoms with Gasteiger partial charge in [0.15, 0.2) is 5.82 Å². The van der Waals surface area contributed by atoms with E-state index in [9.17, 15) is 4.79 Å². The van der Waals surface area contributed by atoms with Gasteiger partial charge in [0.25, 0.3) is 11.4 Å². The predicted octanol–water partition coefficient (Wildman–Crippen LogP) is 3.66. The van der Waals surface area contributed by atoms with Crippen LogP contribution in [0.5, 0.6) is 0 Å². The van der Waals surface area contributed by atoms with Crippen molar-refractivity contribution in [1.82, 2.24) is 29.7 Å². The number of hydrogen-bond acceptors (Lipinski definition) is 9. The molecule has 0 aliphatic rings. The summed E-state index contributed by atoms with van der Waals surface area (Å²) in [5.41, 5.74) is 8.14. The molecule has 0 fully saturated rings. The number of para-hydroxylation sites is 1. The van der Waals surface area contributed by atoms with Gasteiger partial charge in [-0.2, -0.15) is 4.98 Å². The lowest BCUT2D eigenvalue weighted by Gasteiger charge is -2.21. The zero-order valence-electron chi connectivity index (χ0n) is 19.9. The number of anilines is 2. The van der Waals surface area contributed by atoms with E-state index < -0.39 is 6.04 Å². The van der Waals surface area contributed by atoms with Crippen LogP contribution in [0.15, 0.2) is 64.2 Å². The summed E-state index contributed by atoms with van der Waals surface area (Å²) in [6.07, 6.45) is 1.34. The van der Waals surface area contributed by atoms with Crippen molar-refractivity contribution in [2.45, 2.75) is 26.8 Å². The molecule has 0 saturated carbocycles. The monoisotopic (exact) mass is 478 g/mol. The molecule has 1 atom stereocenters. The van der Waals surface area contributed by atoms with Crippen molar-refractivity contribution < 1.29 is 4.52 Å². The summed E-state index contributed by atoms with van der Waals surface area (Å²) in [4.78, 5) is 31.5. The van der Waals surface area contributed by atoms with E-state index in [0.717, 1.165) is 0 Å². The first kappa shape index (κ1) is 22.7. The fourth-order valence-electron chi connectivity index (χ4n) is 3.99. The molecule has 0 bridgehead atoms. The highest BCUT2D eigenvalue weighted by Gasteiger charge is 2.23. The van der Waals surface area contributed by atoms with Crippen LogP contribution in [0.25, 0.3) is 28.0 Å². The third-order valence-electron chi connectivity index (χ3n) is 5.56. The lowest BCUT2D eigenvalue weighted by Crippen LogP contribution is -2.28. The van der Waals surface area contributed by atoms with Crippen molar-refractivity contribution in [2.24, 2.45) is 0 Å². The Kier molecular flexibility index (Phi) is 5.88. The van der Waals surface area contributed by atoms with E-state index in [0.29, 0.717) is 45.2 Å². The molecule has 0 saturated heterocycles. The molecule has 0 aliphatic heterocycles. The van der Waals surface area contributed by atoms with Crippen LogP contribution in [0.3, 0.4) is 0 Å². The number of hydrogen-bond donors (Lipinski definition) is 2. The van der Waals surface area contributed by atoms with Crippen molar-refractivity contribution in [3.05, 3.63) is 82.4 Å². The van der Waals surface area contributed by atoms with Gasteiger partial charge in [-0.15, -0.1) is 5.92 Å². The van der Waals surface area contributed by atoms with Gasteiger partial charge in [0.1, 0.15) is 29.4 Å². The first-order chi connectivity index (χ1) is 17.5. The minimum Gasteiger partial charge on any atom is -0.383 e. The molecule has 178 valence electrons. The molecule has 0 aliphatic carbocycles. The highest BCUT2D eigenvalue weighted by Crippen LogP contribution is 2.31. The average Bonchev–Trinajstić information content (AvgIpc) is 3.30. The van der Waals surface area contributed by atoms with Gasteiger partial charge in [-0.05, 0) is 45.0 Å². The molecule has 0 amide bonds. The van der Waals surface area contributed by atoms with Crippen molar-refractivity contribution in [2.75, 3.05) is 11.1 Å². The van der Waals surface area contributed by atoms with E-state index in [1.54, 1.807) is 24.5 Å². The maximum Gasteiger partial charge on any atom is 0.267 e. The Morgan fingerprint density at radius 3 is 2.61 bits per heavy atom. The highest BCUT2D eigenvalue weighted by molar-refractivity contribution is 5.85. The number of nitrogens with one attached hydrogen (secondary N) is 1.